The van der Waals surface area contributed by atoms with Crippen LogP contribution in [0.3, 0.4) is 0 Å². The average molecular weight is 370 g/mol. The largest absolute Gasteiger partial charge is 0.497 e. The number of rotatable bonds is 5. The normalized spacial score (nSPS) is 11.2. The maximum absolute atomic E-state index is 12.7. The van der Waals surface area contributed by atoms with Crippen molar-refractivity contribution in [2.45, 2.75) is 11.8 Å². The van der Waals surface area contributed by atoms with Crippen molar-refractivity contribution in [1.82, 2.24) is 0 Å². The molecule has 0 saturated carbocycles. The van der Waals surface area contributed by atoms with Crippen molar-refractivity contribution in [2.24, 2.45) is 0 Å². The van der Waals surface area contributed by atoms with Crippen LogP contribution in [0.15, 0.2) is 57.9 Å². The zero-order valence-electron chi connectivity index (χ0n) is 11.8. The highest BCUT2D eigenvalue weighted by molar-refractivity contribution is 9.10. The summed E-state index contributed by atoms with van der Waals surface area (Å²) in [6.45, 7) is 2.17. The van der Waals surface area contributed by atoms with Gasteiger partial charge in [-0.25, -0.2) is 8.42 Å². The van der Waals surface area contributed by atoms with Crippen molar-refractivity contribution in [3.05, 3.63) is 53.0 Å². The molecule has 0 atom stereocenters. The standard InChI is InChI=1S/C15H16BrNO3S/c1-3-17(13-6-4-12(16)5-7-13)21(18,19)15-10-8-14(20-2)9-11-15/h4-11H,3H2,1-2H3. The van der Waals surface area contributed by atoms with Crippen LogP contribution in [0.2, 0.25) is 0 Å². The van der Waals surface area contributed by atoms with Gasteiger partial charge in [0.1, 0.15) is 5.75 Å². The molecule has 112 valence electrons. The molecule has 0 aliphatic rings. The number of ether oxygens (including phenoxy) is 1. The first-order valence-corrected chi connectivity index (χ1v) is 8.64. The number of methoxy groups -OCH3 is 1. The van der Waals surface area contributed by atoms with Gasteiger partial charge < -0.3 is 4.74 Å². The zero-order valence-corrected chi connectivity index (χ0v) is 14.2. The van der Waals surface area contributed by atoms with Gasteiger partial charge >= 0.3 is 0 Å². The van der Waals surface area contributed by atoms with E-state index in [0.29, 0.717) is 18.0 Å². The lowest BCUT2D eigenvalue weighted by Gasteiger charge is -2.23. The van der Waals surface area contributed by atoms with E-state index in [4.69, 9.17) is 4.74 Å². The van der Waals surface area contributed by atoms with E-state index in [0.717, 1.165) is 4.47 Å². The molecule has 0 aliphatic carbocycles. The molecule has 0 N–H and O–H groups in total. The highest BCUT2D eigenvalue weighted by atomic mass is 79.9. The number of benzene rings is 2. The molecule has 0 amide bonds. The second-order valence-electron chi connectivity index (χ2n) is 4.32. The SMILES string of the molecule is CCN(c1ccc(Br)cc1)S(=O)(=O)c1ccc(OC)cc1. The van der Waals surface area contributed by atoms with Gasteiger partial charge in [-0.3, -0.25) is 4.31 Å². The van der Waals surface area contributed by atoms with Crippen molar-refractivity contribution in [2.75, 3.05) is 18.0 Å². The Labute approximate surface area is 133 Å². The third kappa shape index (κ3) is 3.39. The minimum Gasteiger partial charge on any atom is -0.497 e. The van der Waals surface area contributed by atoms with E-state index in [1.54, 1.807) is 43.5 Å². The molecule has 0 bridgehead atoms. The van der Waals surface area contributed by atoms with E-state index in [1.165, 1.54) is 4.31 Å². The van der Waals surface area contributed by atoms with Gasteiger partial charge in [-0.15, -0.1) is 0 Å². The minimum absolute atomic E-state index is 0.244. The maximum atomic E-state index is 12.7. The quantitative estimate of drug-likeness (QED) is 0.807. The van der Waals surface area contributed by atoms with Gasteiger partial charge in [0.15, 0.2) is 0 Å². The van der Waals surface area contributed by atoms with Crippen LogP contribution >= 0.6 is 15.9 Å². The van der Waals surface area contributed by atoms with Crippen LogP contribution < -0.4 is 9.04 Å². The number of sulfonamides is 1. The highest BCUT2D eigenvalue weighted by Gasteiger charge is 2.23. The Hall–Kier alpha value is -1.53. The summed E-state index contributed by atoms with van der Waals surface area (Å²) in [5, 5.41) is 0. The van der Waals surface area contributed by atoms with Crippen molar-refractivity contribution < 1.29 is 13.2 Å². The minimum atomic E-state index is -3.58. The van der Waals surface area contributed by atoms with Crippen LogP contribution in [0.5, 0.6) is 5.75 Å². The molecular weight excluding hydrogens is 354 g/mol. The van der Waals surface area contributed by atoms with Crippen LogP contribution in [0.1, 0.15) is 6.92 Å². The van der Waals surface area contributed by atoms with Gasteiger partial charge in [-0.1, -0.05) is 15.9 Å². The zero-order chi connectivity index (χ0) is 15.5. The molecular formula is C15H16BrNO3S. The van der Waals surface area contributed by atoms with Crippen LogP contribution in [0, 0.1) is 0 Å². The lowest BCUT2D eigenvalue weighted by molar-refractivity contribution is 0.414. The summed E-state index contributed by atoms with van der Waals surface area (Å²) in [7, 11) is -2.03. The molecule has 2 rings (SSSR count). The molecule has 6 heteroatoms. The van der Waals surface area contributed by atoms with Crippen LogP contribution in [0.25, 0.3) is 0 Å². The Bertz CT molecular complexity index is 697. The van der Waals surface area contributed by atoms with Crippen molar-refractivity contribution in [1.29, 1.82) is 0 Å². The number of anilines is 1. The van der Waals surface area contributed by atoms with Gasteiger partial charge in [0.25, 0.3) is 10.0 Å². The van der Waals surface area contributed by atoms with Crippen molar-refractivity contribution in [3.63, 3.8) is 0 Å². The predicted octanol–water partition coefficient (Wildman–Crippen LogP) is 3.67. The Balaban J connectivity index is 2.41. The van der Waals surface area contributed by atoms with E-state index >= 15 is 0 Å². The van der Waals surface area contributed by atoms with Crippen molar-refractivity contribution >= 4 is 31.6 Å². The summed E-state index contributed by atoms with van der Waals surface area (Å²) in [6.07, 6.45) is 0. The predicted molar refractivity (Wildman–Crippen MR) is 87.3 cm³/mol. The lowest BCUT2D eigenvalue weighted by atomic mass is 10.3. The third-order valence-corrected chi connectivity index (χ3v) is 5.50. The van der Waals surface area contributed by atoms with E-state index in [9.17, 15) is 8.42 Å². The van der Waals surface area contributed by atoms with Gasteiger partial charge in [-0.05, 0) is 55.5 Å². The topological polar surface area (TPSA) is 46.6 Å². The average Bonchev–Trinajstić information content (AvgIpc) is 2.50. The van der Waals surface area contributed by atoms with E-state index in [-0.39, 0.29) is 4.90 Å². The van der Waals surface area contributed by atoms with E-state index < -0.39 is 10.0 Å². The summed E-state index contributed by atoms with van der Waals surface area (Å²) in [5.74, 6) is 0.626. The lowest BCUT2D eigenvalue weighted by Crippen LogP contribution is -2.30. The van der Waals surface area contributed by atoms with Crippen LogP contribution in [-0.2, 0) is 10.0 Å². The molecule has 0 fully saturated rings. The molecule has 0 unspecified atom stereocenters. The number of nitrogens with zero attached hydrogens (tertiary/aromatic N) is 1. The molecule has 2 aromatic rings. The molecule has 0 radical (unpaired) electrons. The summed E-state index contributed by atoms with van der Waals surface area (Å²) >= 11 is 3.35. The smallest absolute Gasteiger partial charge is 0.264 e. The Kier molecular flexibility index (Phi) is 4.90. The van der Waals surface area contributed by atoms with E-state index in [1.807, 2.05) is 19.1 Å². The Morgan fingerprint density at radius 2 is 1.62 bits per heavy atom. The number of hydrogen-bond acceptors (Lipinski definition) is 3. The van der Waals surface area contributed by atoms with Gasteiger partial charge in [0, 0.05) is 11.0 Å². The molecule has 2 aromatic carbocycles. The summed E-state index contributed by atoms with van der Waals surface area (Å²) in [6, 6.07) is 13.6. The third-order valence-electron chi connectivity index (χ3n) is 3.05. The summed E-state index contributed by atoms with van der Waals surface area (Å²) in [4.78, 5) is 0.244. The Morgan fingerprint density at radius 3 is 2.10 bits per heavy atom. The second kappa shape index (κ2) is 6.49. The molecule has 0 heterocycles. The fraction of sp³-hybridized carbons (Fsp3) is 0.200. The maximum Gasteiger partial charge on any atom is 0.264 e. The summed E-state index contributed by atoms with van der Waals surface area (Å²) < 4.78 is 32.8. The molecule has 4 nitrogen and oxygen atoms in total. The van der Waals surface area contributed by atoms with Crippen LogP contribution in [-0.4, -0.2) is 22.1 Å². The fourth-order valence-corrected chi connectivity index (χ4v) is 3.71. The van der Waals surface area contributed by atoms with Crippen molar-refractivity contribution in [3.8, 4) is 5.75 Å². The number of halogens is 1. The fourth-order valence-electron chi connectivity index (χ4n) is 1.97. The molecule has 0 aliphatic heterocycles. The summed E-state index contributed by atoms with van der Waals surface area (Å²) in [5.41, 5.74) is 0.636. The molecule has 0 spiro atoms. The monoisotopic (exact) mass is 369 g/mol. The van der Waals surface area contributed by atoms with Gasteiger partial charge in [0.05, 0.1) is 17.7 Å². The first-order chi connectivity index (χ1) is 9.98. The highest BCUT2D eigenvalue weighted by Crippen LogP contribution is 2.26. The Morgan fingerprint density at radius 1 is 1.05 bits per heavy atom. The van der Waals surface area contributed by atoms with Gasteiger partial charge in [-0.2, -0.15) is 0 Å². The second-order valence-corrected chi connectivity index (χ2v) is 7.10. The van der Waals surface area contributed by atoms with Gasteiger partial charge in [0.2, 0.25) is 0 Å². The van der Waals surface area contributed by atoms with Crippen LogP contribution in [0.4, 0.5) is 5.69 Å². The first-order valence-electron chi connectivity index (χ1n) is 6.41. The van der Waals surface area contributed by atoms with E-state index in [2.05, 4.69) is 15.9 Å². The number of hydrogen-bond donors (Lipinski definition) is 0. The molecule has 0 saturated heterocycles. The molecule has 21 heavy (non-hydrogen) atoms. The molecule has 0 aromatic heterocycles. The first kappa shape index (κ1) is 15.9.